The van der Waals surface area contributed by atoms with Gasteiger partial charge in [0.25, 0.3) is 5.56 Å². The third kappa shape index (κ3) is 4.82. The van der Waals surface area contributed by atoms with Gasteiger partial charge < -0.3 is 9.84 Å². The summed E-state index contributed by atoms with van der Waals surface area (Å²) in [5.41, 5.74) is 1.08. The van der Waals surface area contributed by atoms with Crippen molar-refractivity contribution < 1.29 is 23.1 Å². The Bertz CT molecular complexity index is 1230. The van der Waals surface area contributed by atoms with Gasteiger partial charge in [0.15, 0.2) is 0 Å². The van der Waals surface area contributed by atoms with E-state index in [4.69, 9.17) is 4.74 Å². The molecule has 0 aliphatic rings. The Labute approximate surface area is 177 Å². The van der Waals surface area contributed by atoms with Crippen LogP contribution < -0.4 is 15.0 Å². The van der Waals surface area contributed by atoms with E-state index < -0.39 is 21.6 Å². The molecule has 160 valence electrons. The number of fused-ring (bicyclic) bond motifs is 1. The molecule has 0 saturated carbocycles. The number of ether oxygens (including phenoxy) is 1. The highest BCUT2D eigenvalue weighted by atomic mass is 32.2. The molecule has 0 aliphatic heterocycles. The second kappa shape index (κ2) is 8.88. The first kappa shape index (κ1) is 21.8. The van der Waals surface area contributed by atoms with Crippen molar-refractivity contribution in [3.05, 3.63) is 57.2 Å². The van der Waals surface area contributed by atoms with E-state index in [0.29, 0.717) is 22.3 Å². The Hall–Kier alpha value is -2.85. The molecule has 2 heterocycles. The first-order chi connectivity index (χ1) is 14.2. The summed E-state index contributed by atoms with van der Waals surface area (Å²) in [6.07, 6.45) is 2.62. The summed E-state index contributed by atoms with van der Waals surface area (Å²) in [6.45, 7) is 2.43. The fourth-order valence-electron chi connectivity index (χ4n) is 3.02. The summed E-state index contributed by atoms with van der Waals surface area (Å²) in [6, 6.07) is 8.35. The van der Waals surface area contributed by atoms with Gasteiger partial charge in [-0.25, -0.2) is 13.2 Å². The minimum atomic E-state index is -3.38. The van der Waals surface area contributed by atoms with Gasteiger partial charge in [-0.1, -0.05) is 25.5 Å². The van der Waals surface area contributed by atoms with E-state index >= 15 is 0 Å². The first-order valence-electron chi connectivity index (χ1n) is 9.28. The largest absolute Gasteiger partial charge is 0.487 e. The molecule has 3 rings (SSSR count). The molecule has 0 atom stereocenters. The molecule has 2 N–H and O–H groups in total. The highest BCUT2D eigenvalue weighted by Gasteiger charge is 2.24. The number of nitrogens with zero attached hydrogens (tertiary/aromatic N) is 1. The smallest absolute Gasteiger partial charge is 0.341 e. The molecule has 0 fully saturated rings. The number of rotatable bonds is 9. The van der Waals surface area contributed by atoms with Crippen LogP contribution in [0, 0.1) is 0 Å². The average molecular weight is 451 g/mol. The quantitative estimate of drug-likeness (QED) is 0.483. The lowest BCUT2D eigenvalue weighted by Crippen LogP contribution is -2.26. The lowest BCUT2D eigenvalue weighted by Gasteiger charge is -2.15. The summed E-state index contributed by atoms with van der Waals surface area (Å²) in [7, 11) is -3.38. The van der Waals surface area contributed by atoms with Crippen molar-refractivity contribution >= 4 is 43.2 Å². The number of pyridine rings is 1. The number of carboxylic acids is 1. The number of anilines is 1. The molecular formula is C20H22N2O6S2. The maximum absolute atomic E-state index is 13.1. The van der Waals surface area contributed by atoms with Crippen molar-refractivity contribution in [2.24, 2.45) is 0 Å². The maximum atomic E-state index is 13.1. The van der Waals surface area contributed by atoms with Gasteiger partial charge in [-0.05, 0) is 35.6 Å². The van der Waals surface area contributed by atoms with Gasteiger partial charge in [0.2, 0.25) is 15.8 Å². The van der Waals surface area contributed by atoms with Crippen LogP contribution in [0.2, 0.25) is 0 Å². The molecule has 2 aromatic heterocycles. The Morgan fingerprint density at radius 3 is 2.53 bits per heavy atom. The Kier molecular flexibility index (Phi) is 6.47. The summed E-state index contributed by atoms with van der Waals surface area (Å²) in [4.78, 5) is 25.0. The van der Waals surface area contributed by atoms with Crippen molar-refractivity contribution in [3.63, 3.8) is 0 Å². The lowest BCUT2D eigenvalue weighted by molar-refractivity contribution is 0.0694. The monoisotopic (exact) mass is 450 g/mol. The number of benzene rings is 1. The third-order valence-corrected chi connectivity index (χ3v) is 5.91. The van der Waals surface area contributed by atoms with E-state index in [1.807, 2.05) is 6.92 Å². The minimum Gasteiger partial charge on any atom is -0.487 e. The highest BCUT2D eigenvalue weighted by molar-refractivity contribution is 7.92. The van der Waals surface area contributed by atoms with Gasteiger partial charge in [-0.3, -0.25) is 14.1 Å². The fourth-order valence-corrected chi connectivity index (χ4v) is 4.52. The first-order valence-corrected chi connectivity index (χ1v) is 12.0. The Balaban J connectivity index is 2.04. The summed E-state index contributed by atoms with van der Waals surface area (Å²) in [5.74, 6) is -1.35. The number of carboxylic acid groups (broad SMARTS) is 1. The van der Waals surface area contributed by atoms with Crippen LogP contribution in [0.15, 0.2) is 40.5 Å². The summed E-state index contributed by atoms with van der Waals surface area (Å²) >= 11 is 1.24. The number of aromatic nitrogens is 1. The normalized spacial score (nSPS) is 11.5. The zero-order valence-corrected chi connectivity index (χ0v) is 18.2. The molecule has 0 spiro atoms. The van der Waals surface area contributed by atoms with Gasteiger partial charge in [0.1, 0.15) is 5.56 Å². The van der Waals surface area contributed by atoms with Crippen molar-refractivity contribution in [1.29, 1.82) is 0 Å². The average Bonchev–Trinajstić information content (AvgIpc) is 3.14. The summed E-state index contributed by atoms with van der Waals surface area (Å²) < 4.78 is 32.7. The molecule has 0 bridgehead atoms. The Morgan fingerprint density at radius 1 is 1.23 bits per heavy atom. The number of nitrogens with one attached hydrogen (secondary N) is 1. The molecular weight excluding hydrogens is 428 g/mol. The molecule has 0 unspecified atom stereocenters. The van der Waals surface area contributed by atoms with Gasteiger partial charge in [0, 0.05) is 5.69 Å². The van der Waals surface area contributed by atoms with E-state index in [2.05, 4.69) is 4.72 Å². The molecule has 0 saturated heterocycles. The van der Waals surface area contributed by atoms with Crippen molar-refractivity contribution in [2.45, 2.75) is 26.3 Å². The van der Waals surface area contributed by atoms with E-state index in [1.165, 1.54) is 15.9 Å². The number of unbranched alkanes of at least 4 members (excludes halogenated alkanes) is 1. The Morgan fingerprint density at radius 2 is 1.93 bits per heavy atom. The number of aromatic carboxylic acids is 1. The van der Waals surface area contributed by atoms with Crippen molar-refractivity contribution in [3.8, 4) is 5.75 Å². The number of sulfonamides is 1. The van der Waals surface area contributed by atoms with Crippen LogP contribution >= 0.6 is 11.3 Å². The molecule has 0 amide bonds. The second-order valence-electron chi connectivity index (χ2n) is 6.81. The SMILES string of the molecule is CCCCOc1c(C(=O)O)c2sccc2n(Cc2ccc(NS(C)(=O)=O)cc2)c1=O. The molecule has 30 heavy (non-hydrogen) atoms. The lowest BCUT2D eigenvalue weighted by atomic mass is 10.1. The van der Waals surface area contributed by atoms with Crippen LogP contribution in [-0.4, -0.2) is 36.9 Å². The van der Waals surface area contributed by atoms with Crippen LogP contribution in [0.1, 0.15) is 35.7 Å². The van der Waals surface area contributed by atoms with E-state index in [9.17, 15) is 23.1 Å². The molecule has 0 radical (unpaired) electrons. The van der Waals surface area contributed by atoms with Gasteiger partial charge in [-0.15, -0.1) is 11.3 Å². The van der Waals surface area contributed by atoms with Crippen LogP contribution in [0.4, 0.5) is 5.69 Å². The van der Waals surface area contributed by atoms with E-state index in [1.54, 1.807) is 35.7 Å². The molecule has 10 heteroatoms. The van der Waals surface area contributed by atoms with Crippen molar-refractivity contribution in [2.75, 3.05) is 17.6 Å². The number of hydrogen-bond acceptors (Lipinski definition) is 6. The predicted octanol–water partition coefficient (Wildman–Crippen LogP) is 3.36. The molecule has 3 aromatic rings. The molecule has 0 aliphatic carbocycles. The van der Waals surface area contributed by atoms with Gasteiger partial charge >= 0.3 is 5.97 Å². The number of hydrogen-bond donors (Lipinski definition) is 2. The third-order valence-electron chi connectivity index (χ3n) is 4.38. The van der Waals surface area contributed by atoms with Crippen LogP contribution in [0.5, 0.6) is 5.75 Å². The van der Waals surface area contributed by atoms with Crippen LogP contribution in [0.3, 0.4) is 0 Å². The van der Waals surface area contributed by atoms with Gasteiger partial charge in [0.05, 0.1) is 29.6 Å². The zero-order valence-electron chi connectivity index (χ0n) is 16.5. The van der Waals surface area contributed by atoms with E-state index in [-0.39, 0.29) is 24.5 Å². The minimum absolute atomic E-state index is 0.106. The topological polar surface area (TPSA) is 115 Å². The summed E-state index contributed by atoms with van der Waals surface area (Å²) in [5, 5.41) is 11.4. The predicted molar refractivity (Wildman–Crippen MR) is 117 cm³/mol. The molecule has 1 aromatic carbocycles. The highest BCUT2D eigenvalue weighted by Crippen LogP contribution is 2.30. The molecule has 8 nitrogen and oxygen atoms in total. The second-order valence-corrected chi connectivity index (χ2v) is 9.47. The van der Waals surface area contributed by atoms with Crippen LogP contribution in [-0.2, 0) is 16.6 Å². The zero-order chi connectivity index (χ0) is 21.9. The standard InChI is InChI=1S/C20H22N2O6S2/c1-3-4-10-28-17-16(20(24)25)18-15(9-11-29-18)22(19(17)23)12-13-5-7-14(8-6-13)21-30(2,26)27/h5-9,11,21H,3-4,10,12H2,1-2H3,(H,24,25). The maximum Gasteiger partial charge on any atom is 0.341 e. The van der Waals surface area contributed by atoms with E-state index in [0.717, 1.165) is 18.2 Å². The van der Waals surface area contributed by atoms with Crippen molar-refractivity contribution in [1.82, 2.24) is 4.57 Å². The van der Waals surface area contributed by atoms with Gasteiger partial charge in [-0.2, -0.15) is 0 Å². The fraction of sp³-hybridized carbons (Fsp3) is 0.300. The number of thiophene rings is 1. The number of carbonyl (C=O) groups is 1. The van der Waals surface area contributed by atoms with Crippen LogP contribution in [0.25, 0.3) is 10.2 Å².